The summed E-state index contributed by atoms with van der Waals surface area (Å²) in [6.45, 7) is 34.7. The Balaban J connectivity index is 0.000000260. The molecule has 14 heteroatoms. The van der Waals surface area contributed by atoms with E-state index in [1.807, 2.05) is 131 Å². The second-order valence-electron chi connectivity index (χ2n) is 30.9. The molecule has 534 valence electrons. The van der Waals surface area contributed by atoms with E-state index in [1.54, 1.807) is 6.20 Å². The number of aryl methyl sites for hydroxylation is 4. The smallest absolute Gasteiger partial charge is 0.165 e. The first-order valence-corrected chi connectivity index (χ1v) is 35.4. The van der Waals surface area contributed by atoms with Gasteiger partial charge in [-0.1, -0.05) is 204 Å². The minimum atomic E-state index is 0. The van der Waals surface area contributed by atoms with Crippen molar-refractivity contribution in [1.82, 2.24) is 59.8 Å². The summed E-state index contributed by atoms with van der Waals surface area (Å²) in [7, 11) is 0. The fraction of sp³-hybridized carbons (Fsp3) is 0.217. The Labute approximate surface area is 651 Å². The summed E-state index contributed by atoms with van der Waals surface area (Å²) in [5.41, 5.74) is 24.6. The van der Waals surface area contributed by atoms with Crippen molar-refractivity contribution >= 4 is 0 Å². The predicted molar refractivity (Wildman–Crippen MR) is 423 cm³/mol. The monoisotopic (exact) mass is 1740 g/mol. The molecule has 106 heavy (non-hydrogen) atoms. The molecule has 8 heterocycles. The summed E-state index contributed by atoms with van der Waals surface area (Å²) in [4.78, 5) is 59.5. The van der Waals surface area contributed by atoms with Gasteiger partial charge >= 0.3 is 0 Å². The van der Waals surface area contributed by atoms with Gasteiger partial charge in [0, 0.05) is 131 Å². The standard InChI is InChI=1S/C64H63N6.C28H23N6.2Ir/c1-61(2,3)49-27-18-42(19-28-49)54-36-47(37-55(66-54)43-20-29-50(30-21-43)62(4,5)6)59-68-58(46-26-35-53(65-40-46)41-16-14-13-15-17-41)69-60(70-59)48-38-56(44-22-31-51(32-23-44)63(7,8)9)67-57(39-48)45-24-33-52(34-25-45)64(10,11)12;1-17-12-23(13-18(2)30-17)27-32-26(33-28(34-27)24-14-19(3)31-20(4)15-24)22-10-11-25(29-16-22)21-8-6-5-7-9-21;;/h13-16,18-40H,1-12H3;5-8,10-16H,1-4H3;;/q2*-1;;. The van der Waals surface area contributed by atoms with Crippen molar-refractivity contribution in [2.24, 2.45) is 0 Å². The van der Waals surface area contributed by atoms with Crippen molar-refractivity contribution in [3.05, 3.63) is 288 Å². The molecule has 0 unspecified atom stereocenters. The van der Waals surface area contributed by atoms with Crippen molar-refractivity contribution in [1.29, 1.82) is 0 Å². The van der Waals surface area contributed by atoms with E-state index in [1.165, 1.54) is 22.3 Å². The zero-order valence-electron chi connectivity index (χ0n) is 63.0. The predicted octanol–water partition coefficient (Wildman–Crippen LogP) is 22.1. The topological polar surface area (TPSA) is 155 Å². The normalized spacial score (nSPS) is 11.6. The molecule has 0 aliphatic carbocycles. The van der Waals surface area contributed by atoms with Gasteiger partial charge in [-0.3, -0.25) is 9.97 Å². The summed E-state index contributed by atoms with van der Waals surface area (Å²) in [6.07, 6.45) is 3.64. The molecule has 12 nitrogen and oxygen atoms in total. The molecule has 0 saturated carbocycles. The van der Waals surface area contributed by atoms with Gasteiger partial charge < -0.3 is 9.97 Å². The summed E-state index contributed by atoms with van der Waals surface area (Å²) < 4.78 is 0. The Morgan fingerprint density at radius 1 is 0.226 bits per heavy atom. The maximum absolute atomic E-state index is 5.39. The van der Waals surface area contributed by atoms with E-state index >= 15 is 0 Å². The molecule has 0 amide bonds. The van der Waals surface area contributed by atoms with Gasteiger partial charge in [-0.15, -0.1) is 71.8 Å². The maximum atomic E-state index is 5.39. The fourth-order valence-electron chi connectivity index (χ4n) is 12.4. The minimum absolute atomic E-state index is 0. The molecule has 0 atom stereocenters. The fourth-order valence-corrected chi connectivity index (χ4v) is 12.4. The molecule has 0 N–H and O–H groups in total. The molecule has 0 spiro atoms. The third-order valence-electron chi connectivity index (χ3n) is 18.3. The van der Waals surface area contributed by atoms with Gasteiger partial charge in [-0.2, -0.15) is 0 Å². The van der Waals surface area contributed by atoms with Gasteiger partial charge in [-0.05, 0) is 132 Å². The first-order chi connectivity index (χ1) is 49.6. The van der Waals surface area contributed by atoms with Gasteiger partial charge in [0.25, 0.3) is 0 Å². The van der Waals surface area contributed by atoms with Crippen LogP contribution in [-0.4, -0.2) is 59.8 Å². The molecule has 2 radical (unpaired) electrons. The number of hydrogen-bond donors (Lipinski definition) is 0. The van der Waals surface area contributed by atoms with Crippen molar-refractivity contribution in [3.8, 4) is 136 Å². The molecular weight excluding hydrogens is 1660 g/mol. The molecule has 14 aromatic rings. The van der Waals surface area contributed by atoms with Gasteiger partial charge in [0.2, 0.25) is 0 Å². The Hall–Kier alpha value is -10.5. The number of nitrogens with zero attached hydrogens (tertiary/aromatic N) is 12. The van der Waals surface area contributed by atoms with Gasteiger partial charge in [-0.25, -0.2) is 39.9 Å². The first kappa shape index (κ1) is 76.7. The van der Waals surface area contributed by atoms with Crippen LogP contribution < -0.4 is 0 Å². The zero-order valence-corrected chi connectivity index (χ0v) is 67.8. The number of aromatic nitrogens is 12. The van der Waals surface area contributed by atoms with Crippen molar-refractivity contribution < 1.29 is 40.2 Å². The largest absolute Gasteiger partial charge is 0.304 e. The molecule has 0 saturated heterocycles. The van der Waals surface area contributed by atoms with E-state index in [-0.39, 0.29) is 61.9 Å². The zero-order chi connectivity index (χ0) is 73.2. The van der Waals surface area contributed by atoms with Gasteiger partial charge in [0.05, 0.1) is 22.8 Å². The number of hydrogen-bond acceptors (Lipinski definition) is 12. The SMILES string of the molecule is CC(C)(C)c1ccc(-c2cc(-c3nc(-c4ccc(-c5[c-]cccc5)nc4)nc(-c4cc(-c5ccc(C(C)(C)C)cc5)nc(-c5ccc(C(C)(C)C)cc5)c4)n3)cc(-c3ccc(C(C)(C)C)cc3)n2)cc1.Cc1cc(-c2nc(-c3ccc(-c4[c-]cccc4)nc3)nc(-c3cc(C)nc(C)c3)n2)cc(C)n1.[Ir].[Ir]. The van der Waals surface area contributed by atoms with Gasteiger partial charge in [0.15, 0.2) is 34.9 Å². The van der Waals surface area contributed by atoms with Crippen LogP contribution in [0, 0.1) is 39.8 Å². The van der Waals surface area contributed by atoms with Crippen LogP contribution >= 0.6 is 0 Å². The summed E-state index contributed by atoms with van der Waals surface area (Å²) in [5, 5.41) is 0. The van der Waals surface area contributed by atoms with Crippen molar-refractivity contribution in [2.75, 3.05) is 0 Å². The molecule has 8 aromatic heterocycles. The van der Waals surface area contributed by atoms with E-state index in [2.05, 4.69) is 231 Å². The van der Waals surface area contributed by atoms with Gasteiger partial charge in [0.1, 0.15) is 0 Å². The maximum Gasteiger partial charge on any atom is 0.165 e. The number of pyridine rings is 6. The molecule has 0 aliphatic heterocycles. The second-order valence-corrected chi connectivity index (χ2v) is 30.9. The minimum Gasteiger partial charge on any atom is -0.304 e. The van der Waals surface area contributed by atoms with E-state index in [0.29, 0.717) is 34.9 Å². The van der Waals surface area contributed by atoms with E-state index in [9.17, 15) is 0 Å². The molecule has 0 aliphatic rings. The Morgan fingerprint density at radius 3 is 0.679 bits per heavy atom. The van der Waals surface area contributed by atoms with Crippen LogP contribution in [0.15, 0.2) is 231 Å². The van der Waals surface area contributed by atoms with Crippen LogP contribution in [0.1, 0.15) is 128 Å². The third-order valence-corrected chi connectivity index (χ3v) is 18.3. The quantitative estimate of drug-likeness (QED) is 0.107. The third kappa shape index (κ3) is 18.2. The van der Waals surface area contributed by atoms with Crippen LogP contribution in [0.2, 0.25) is 0 Å². The van der Waals surface area contributed by atoms with E-state index in [4.69, 9.17) is 44.9 Å². The van der Waals surface area contributed by atoms with Crippen LogP contribution in [0.25, 0.3) is 136 Å². The Kier molecular flexibility index (Phi) is 22.9. The van der Waals surface area contributed by atoms with Crippen LogP contribution in [0.5, 0.6) is 0 Å². The van der Waals surface area contributed by atoms with Crippen molar-refractivity contribution in [2.45, 2.75) is 132 Å². The Bertz CT molecular complexity index is 4950. The molecule has 0 bridgehead atoms. The molecular formula is C92H86Ir2N12-2. The second kappa shape index (κ2) is 31.7. The molecule has 0 fully saturated rings. The van der Waals surface area contributed by atoms with Crippen molar-refractivity contribution in [3.63, 3.8) is 0 Å². The average molecular weight is 1740 g/mol. The first-order valence-electron chi connectivity index (χ1n) is 35.4. The molecule has 6 aromatic carbocycles. The van der Waals surface area contributed by atoms with E-state index < -0.39 is 0 Å². The summed E-state index contributed by atoms with van der Waals surface area (Å²) in [6, 6.07) is 81.5. The van der Waals surface area contributed by atoms with Crippen LogP contribution in [0.3, 0.4) is 0 Å². The number of rotatable bonds is 12. The van der Waals surface area contributed by atoms with Crippen LogP contribution in [-0.2, 0) is 61.9 Å². The molecule has 14 rings (SSSR count). The average Bonchev–Trinajstić information content (AvgIpc) is 0.776. The van der Waals surface area contributed by atoms with Crippen LogP contribution in [0.4, 0.5) is 0 Å². The summed E-state index contributed by atoms with van der Waals surface area (Å²) >= 11 is 0. The van der Waals surface area contributed by atoms with E-state index in [0.717, 1.165) is 124 Å². The number of benzene rings is 6. The summed E-state index contributed by atoms with van der Waals surface area (Å²) in [5.74, 6) is 3.31. The Morgan fingerprint density at radius 2 is 0.462 bits per heavy atom.